The minimum Gasteiger partial charge on any atom is -0.748 e. The predicted molar refractivity (Wildman–Crippen MR) is 53.0 cm³/mol. The van der Waals surface area contributed by atoms with Gasteiger partial charge in [-0.1, -0.05) is 0 Å². The van der Waals surface area contributed by atoms with Crippen LogP contribution in [0.5, 0.6) is 0 Å². The molecule has 0 aromatic heterocycles. The summed E-state index contributed by atoms with van der Waals surface area (Å²) in [6, 6.07) is 0. The van der Waals surface area contributed by atoms with E-state index >= 15 is 0 Å². The molecule has 0 aliphatic carbocycles. The quantitative estimate of drug-likeness (QED) is 0.383. The van der Waals surface area contributed by atoms with Crippen LogP contribution in [0.15, 0.2) is 0 Å². The summed E-state index contributed by atoms with van der Waals surface area (Å²) >= 11 is 0. The van der Waals surface area contributed by atoms with Crippen LogP contribution in [-0.2, 0) is 20.2 Å². The SMILES string of the molecule is NCCS(=O)(=O)[O-].NCCS(=O)(=O)[O-].[Sn+2]. The van der Waals surface area contributed by atoms with Gasteiger partial charge in [-0.2, -0.15) is 0 Å². The fourth-order valence-electron chi connectivity index (χ4n) is 0.289. The maximum Gasteiger partial charge on any atom is 2.00 e. The van der Waals surface area contributed by atoms with E-state index < -0.39 is 31.7 Å². The monoisotopic (exact) mass is 368 g/mol. The van der Waals surface area contributed by atoms with Gasteiger partial charge in [0.05, 0.1) is 31.7 Å². The van der Waals surface area contributed by atoms with E-state index in [4.69, 9.17) is 11.5 Å². The van der Waals surface area contributed by atoms with E-state index in [1.54, 1.807) is 0 Å². The molecule has 8 nitrogen and oxygen atoms in total. The molecule has 4 N–H and O–H groups in total. The Hall–Kier alpha value is 0.539. The third kappa shape index (κ3) is 31.4. The van der Waals surface area contributed by atoms with Crippen LogP contribution in [0.25, 0.3) is 0 Å². The summed E-state index contributed by atoms with van der Waals surface area (Å²) in [5, 5.41) is 0. The Morgan fingerprint density at radius 1 is 0.800 bits per heavy atom. The zero-order valence-electron chi connectivity index (χ0n) is 7.75. The van der Waals surface area contributed by atoms with Gasteiger partial charge in [-0.05, 0) is 0 Å². The molecule has 0 atom stereocenters. The molecular formula is C4H12N2O6S2Sn. The Bertz CT molecular complexity index is 291. The smallest absolute Gasteiger partial charge is 0.748 e. The Morgan fingerprint density at radius 2 is 1.00 bits per heavy atom. The van der Waals surface area contributed by atoms with Gasteiger partial charge in [-0.25, -0.2) is 16.8 Å². The van der Waals surface area contributed by atoms with Crippen molar-refractivity contribution in [1.82, 2.24) is 0 Å². The third-order valence-corrected chi connectivity index (χ3v) is 2.21. The van der Waals surface area contributed by atoms with Crippen LogP contribution < -0.4 is 11.5 Å². The van der Waals surface area contributed by atoms with Crippen LogP contribution in [0.2, 0.25) is 0 Å². The first-order valence-corrected chi connectivity index (χ1v) is 6.55. The first-order valence-electron chi connectivity index (χ1n) is 3.39. The summed E-state index contributed by atoms with van der Waals surface area (Å²) in [5.74, 6) is -0.931. The van der Waals surface area contributed by atoms with Gasteiger partial charge in [-0.15, -0.1) is 0 Å². The van der Waals surface area contributed by atoms with Crippen molar-refractivity contribution >= 4 is 44.1 Å². The summed E-state index contributed by atoms with van der Waals surface area (Å²) < 4.78 is 57.6. The van der Waals surface area contributed by atoms with Crippen LogP contribution in [0.1, 0.15) is 0 Å². The maximum absolute atomic E-state index is 9.60. The molecule has 0 saturated heterocycles. The second-order valence-electron chi connectivity index (χ2n) is 2.10. The fourth-order valence-corrected chi connectivity index (χ4v) is 0.866. The van der Waals surface area contributed by atoms with Crippen LogP contribution >= 0.6 is 0 Å². The predicted octanol–water partition coefficient (Wildman–Crippen LogP) is -3.40. The van der Waals surface area contributed by atoms with Gasteiger partial charge < -0.3 is 20.6 Å². The van der Waals surface area contributed by atoms with Crippen LogP contribution in [0.3, 0.4) is 0 Å². The number of hydrogen-bond donors (Lipinski definition) is 2. The van der Waals surface area contributed by atoms with E-state index in [1.165, 1.54) is 0 Å². The van der Waals surface area contributed by atoms with E-state index in [-0.39, 0.29) is 37.0 Å². The van der Waals surface area contributed by atoms with Gasteiger partial charge >= 0.3 is 23.9 Å². The summed E-state index contributed by atoms with van der Waals surface area (Å²) in [6.07, 6.45) is 0. The van der Waals surface area contributed by atoms with Gasteiger partial charge in [0.25, 0.3) is 0 Å². The molecule has 0 aromatic carbocycles. The molecule has 2 radical (unpaired) electrons. The normalized spacial score (nSPS) is 10.9. The molecule has 0 rings (SSSR count). The summed E-state index contributed by atoms with van der Waals surface area (Å²) in [6.45, 7) is -0.183. The van der Waals surface area contributed by atoms with Crippen molar-refractivity contribution in [2.24, 2.45) is 11.5 Å². The molecule has 0 unspecified atom stereocenters. The number of nitrogens with two attached hydrogens (primary N) is 2. The standard InChI is InChI=1S/2C2H7NO3S.Sn/c2*3-1-2-7(4,5)6;/h2*1-3H2,(H,4,5,6);/q;;+2/p-2. The minimum absolute atomic E-state index is 0. The van der Waals surface area contributed by atoms with Crippen molar-refractivity contribution in [3.63, 3.8) is 0 Å². The molecule has 0 aliphatic heterocycles. The molecule has 0 amide bonds. The topological polar surface area (TPSA) is 166 Å². The second kappa shape index (κ2) is 9.74. The molecule has 0 aromatic rings. The summed E-state index contributed by atoms with van der Waals surface area (Å²) in [4.78, 5) is 0. The number of rotatable bonds is 4. The first-order chi connectivity index (χ1) is 6.12. The molecule has 0 fully saturated rings. The fraction of sp³-hybridized carbons (Fsp3) is 1.00. The molecule has 0 saturated carbocycles. The van der Waals surface area contributed by atoms with Crippen LogP contribution in [-0.4, -0.2) is 74.4 Å². The van der Waals surface area contributed by atoms with E-state index in [1.807, 2.05) is 0 Å². The molecule has 0 bridgehead atoms. The molecule has 11 heteroatoms. The van der Waals surface area contributed by atoms with E-state index in [0.29, 0.717) is 0 Å². The second-order valence-corrected chi connectivity index (χ2v) is 5.15. The number of hydrogen-bond acceptors (Lipinski definition) is 8. The van der Waals surface area contributed by atoms with E-state index in [9.17, 15) is 25.9 Å². The van der Waals surface area contributed by atoms with Crippen molar-refractivity contribution in [1.29, 1.82) is 0 Å². The Labute approximate surface area is 106 Å². The molecule has 15 heavy (non-hydrogen) atoms. The molecule has 90 valence electrons. The summed E-state index contributed by atoms with van der Waals surface area (Å²) in [7, 11) is -8.10. The van der Waals surface area contributed by atoms with Gasteiger partial charge in [0, 0.05) is 13.1 Å². The van der Waals surface area contributed by atoms with Gasteiger partial charge in [0.1, 0.15) is 0 Å². The maximum atomic E-state index is 9.60. The minimum atomic E-state index is -4.05. The van der Waals surface area contributed by atoms with Crippen molar-refractivity contribution in [2.75, 3.05) is 24.6 Å². The Morgan fingerprint density at radius 3 is 1.00 bits per heavy atom. The zero-order valence-corrected chi connectivity index (χ0v) is 12.2. The molecular weight excluding hydrogens is 355 g/mol. The summed E-state index contributed by atoms with van der Waals surface area (Å²) in [5.41, 5.74) is 9.47. The largest absolute Gasteiger partial charge is 2.00 e. The van der Waals surface area contributed by atoms with Crippen molar-refractivity contribution in [3.05, 3.63) is 0 Å². The van der Waals surface area contributed by atoms with E-state index in [2.05, 4.69) is 0 Å². The van der Waals surface area contributed by atoms with Gasteiger partial charge in [-0.3, -0.25) is 0 Å². The Kier molecular flexibility index (Phi) is 13.6. The first kappa shape index (κ1) is 20.9. The van der Waals surface area contributed by atoms with E-state index in [0.717, 1.165) is 0 Å². The van der Waals surface area contributed by atoms with Crippen LogP contribution in [0, 0.1) is 0 Å². The van der Waals surface area contributed by atoms with Crippen molar-refractivity contribution < 1.29 is 25.9 Å². The van der Waals surface area contributed by atoms with Gasteiger partial charge in [0.15, 0.2) is 0 Å². The van der Waals surface area contributed by atoms with Gasteiger partial charge in [0.2, 0.25) is 0 Å². The average Bonchev–Trinajstić information content (AvgIpc) is 1.81. The average molecular weight is 367 g/mol. The van der Waals surface area contributed by atoms with Crippen molar-refractivity contribution in [2.45, 2.75) is 0 Å². The Balaban J connectivity index is -0.000000180. The van der Waals surface area contributed by atoms with Crippen LogP contribution in [0.4, 0.5) is 0 Å². The van der Waals surface area contributed by atoms with Crippen molar-refractivity contribution in [3.8, 4) is 0 Å². The molecule has 0 aliphatic rings. The zero-order chi connectivity index (χ0) is 11.8. The molecule has 0 heterocycles. The molecule has 0 spiro atoms. The third-order valence-electron chi connectivity index (χ3n) is 0.736.